The van der Waals surface area contributed by atoms with Crippen LogP contribution >= 0.6 is 0 Å². The standard InChI is InChI=1S/C12H9F3N4O3/c1-7-10(18-22-19(7)21)11(20)17-16-6-8-2-4-9(5-3-8)12(13,14)15/h2-6H,1H3,(H,17,20)/b16-6+. The molecule has 0 saturated carbocycles. The number of halogens is 3. The third-order valence-corrected chi connectivity index (χ3v) is 2.66. The maximum Gasteiger partial charge on any atom is 0.416 e. The van der Waals surface area contributed by atoms with Gasteiger partial charge in [0.15, 0.2) is 0 Å². The molecule has 0 saturated heterocycles. The number of nitrogens with zero attached hydrogens (tertiary/aromatic N) is 3. The molecule has 116 valence electrons. The summed E-state index contributed by atoms with van der Waals surface area (Å²) in [5, 5.41) is 17.7. The van der Waals surface area contributed by atoms with Crippen molar-refractivity contribution in [3.05, 3.63) is 52.0 Å². The first-order valence-corrected chi connectivity index (χ1v) is 5.86. The second-order valence-electron chi connectivity index (χ2n) is 4.18. The summed E-state index contributed by atoms with van der Waals surface area (Å²) in [6, 6.07) is 4.19. The highest BCUT2D eigenvalue weighted by Crippen LogP contribution is 2.28. The first-order chi connectivity index (χ1) is 10.3. The fraction of sp³-hybridized carbons (Fsp3) is 0.167. The van der Waals surface area contributed by atoms with Crippen LogP contribution in [0.1, 0.15) is 27.3 Å². The van der Waals surface area contributed by atoms with Gasteiger partial charge in [0.1, 0.15) is 0 Å². The lowest BCUT2D eigenvalue weighted by atomic mass is 10.1. The molecular formula is C12H9F3N4O3. The van der Waals surface area contributed by atoms with E-state index in [2.05, 4.69) is 20.3 Å². The van der Waals surface area contributed by atoms with Crippen LogP contribution in [0.3, 0.4) is 0 Å². The Bertz CT molecular complexity index is 707. The number of benzene rings is 1. The van der Waals surface area contributed by atoms with E-state index in [-0.39, 0.29) is 16.3 Å². The number of hydrazone groups is 1. The summed E-state index contributed by atoms with van der Waals surface area (Å²) in [6.07, 6.45) is -3.26. The van der Waals surface area contributed by atoms with E-state index < -0.39 is 17.6 Å². The van der Waals surface area contributed by atoms with Gasteiger partial charge in [-0.1, -0.05) is 12.1 Å². The molecular weight excluding hydrogens is 305 g/mol. The van der Waals surface area contributed by atoms with Gasteiger partial charge in [-0.05, 0) is 22.6 Å². The summed E-state index contributed by atoms with van der Waals surface area (Å²) < 4.78 is 41.3. The van der Waals surface area contributed by atoms with Crippen LogP contribution in [0.4, 0.5) is 13.2 Å². The van der Waals surface area contributed by atoms with Crippen molar-refractivity contribution in [1.82, 2.24) is 10.6 Å². The van der Waals surface area contributed by atoms with Crippen molar-refractivity contribution in [3.63, 3.8) is 0 Å². The topological polar surface area (TPSA) is 94.4 Å². The Morgan fingerprint density at radius 2 is 2.05 bits per heavy atom. The van der Waals surface area contributed by atoms with E-state index in [1.165, 1.54) is 19.1 Å². The van der Waals surface area contributed by atoms with Gasteiger partial charge in [0.25, 0.3) is 0 Å². The molecule has 0 radical (unpaired) electrons. The highest BCUT2D eigenvalue weighted by Gasteiger charge is 2.29. The van der Waals surface area contributed by atoms with Crippen molar-refractivity contribution in [2.24, 2.45) is 5.10 Å². The average molecular weight is 314 g/mol. The molecule has 1 aromatic heterocycles. The van der Waals surface area contributed by atoms with E-state index in [1.54, 1.807) is 0 Å². The van der Waals surface area contributed by atoms with Crippen LogP contribution in [0.15, 0.2) is 34.0 Å². The Morgan fingerprint density at radius 1 is 1.41 bits per heavy atom. The highest BCUT2D eigenvalue weighted by molar-refractivity contribution is 5.93. The van der Waals surface area contributed by atoms with Crippen molar-refractivity contribution < 1.29 is 27.5 Å². The Hall–Kier alpha value is -2.91. The summed E-state index contributed by atoms with van der Waals surface area (Å²) in [5.41, 5.74) is 1.37. The van der Waals surface area contributed by atoms with Gasteiger partial charge in [-0.15, -0.1) is 0 Å². The van der Waals surface area contributed by atoms with Crippen molar-refractivity contribution in [2.45, 2.75) is 13.1 Å². The second-order valence-corrected chi connectivity index (χ2v) is 4.18. The minimum atomic E-state index is -4.41. The Kier molecular flexibility index (Phi) is 4.11. The minimum Gasteiger partial charge on any atom is -0.359 e. The third kappa shape index (κ3) is 3.40. The molecule has 22 heavy (non-hydrogen) atoms. The quantitative estimate of drug-likeness (QED) is 0.526. The van der Waals surface area contributed by atoms with Crippen LogP contribution < -0.4 is 10.3 Å². The lowest BCUT2D eigenvalue weighted by molar-refractivity contribution is -0.806. The third-order valence-electron chi connectivity index (χ3n) is 2.66. The lowest BCUT2D eigenvalue weighted by Gasteiger charge is -2.05. The first-order valence-electron chi connectivity index (χ1n) is 5.86. The van der Waals surface area contributed by atoms with Crippen LogP contribution in [0.2, 0.25) is 0 Å². The van der Waals surface area contributed by atoms with E-state index in [0.29, 0.717) is 5.56 Å². The minimum absolute atomic E-state index is 0.0396. The summed E-state index contributed by atoms with van der Waals surface area (Å²) in [4.78, 5) is 11.7. The van der Waals surface area contributed by atoms with Crippen molar-refractivity contribution in [3.8, 4) is 0 Å². The molecule has 10 heteroatoms. The summed E-state index contributed by atoms with van der Waals surface area (Å²) >= 11 is 0. The average Bonchev–Trinajstić information content (AvgIpc) is 2.78. The van der Waals surface area contributed by atoms with Crippen LogP contribution in [-0.2, 0) is 6.18 Å². The number of nitrogens with one attached hydrogen (secondary N) is 1. The second kappa shape index (κ2) is 5.84. The number of carbonyl (C=O) groups excluding carboxylic acids is 1. The Morgan fingerprint density at radius 3 is 2.55 bits per heavy atom. The number of aromatic nitrogens is 2. The van der Waals surface area contributed by atoms with Gasteiger partial charge in [-0.25, -0.2) is 5.43 Å². The van der Waals surface area contributed by atoms with Gasteiger partial charge < -0.3 is 5.21 Å². The van der Waals surface area contributed by atoms with Crippen molar-refractivity contribution >= 4 is 12.1 Å². The maximum absolute atomic E-state index is 12.4. The maximum atomic E-state index is 12.4. The Balaban J connectivity index is 2.01. The zero-order valence-corrected chi connectivity index (χ0v) is 11.1. The lowest BCUT2D eigenvalue weighted by Crippen LogP contribution is -2.28. The van der Waals surface area contributed by atoms with Gasteiger partial charge >= 0.3 is 17.8 Å². The number of rotatable bonds is 3. The number of alkyl halides is 3. The number of amides is 1. The van der Waals surface area contributed by atoms with Gasteiger partial charge in [0.05, 0.1) is 16.9 Å². The molecule has 0 aliphatic carbocycles. The molecule has 1 aromatic carbocycles. The summed E-state index contributed by atoms with van der Waals surface area (Å²) in [6.45, 7) is 1.33. The molecule has 2 rings (SSSR count). The molecule has 1 N–H and O–H groups in total. The zero-order valence-electron chi connectivity index (χ0n) is 11.1. The molecule has 0 aliphatic rings. The molecule has 0 fully saturated rings. The molecule has 0 aliphatic heterocycles. The molecule has 0 unspecified atom stereocenters. The zero-order chi connectivity index (χ0) is 16.3. The molecule has 7 nitrogen and oxygen atoms in total. The van der Waals surface area contributed by atoms with E-state index in [0.717, 1.165) is 18.3 Å². The van der Waals surface area contributed by atoms with E-state index in [9.17, 15) is 23.2 Å². The van der Waals surface area contributed by atoms with Gasteiger partial charge in [-0.2, -0.15) is 18.3 Å². The molecule has 1 amide bonds. The van der Waals surface area contributed by atoms with Crippen LogP contribution in [-0.4, -0.2) is 17.3 Å². The van der Waals surface area contributed by atoms with E-state index in [4.69, 9.17) is 0 Å². The van der Waals surface area contributed by atoms with Crippen molar-refractivity contribution in [1.29, 1.82) is 0 Å². The highest BCUT2D eigenvalue weighted by atomic mass is 19.4. The van der Waals surface area contributed by atoms with Crippen LogP contribution in [0.5, 0.6) is 0 Å². The van der Waals surface area contributed by atoms with Gasteiger partial charge in [0, 0.05) is 6.92 Å². The molecule has 0 bridgehead atoms. The number of hydrogen-bond acceptors (Lipinski definition) is 5. The largest absolute Gasteiger partial charge is 0.416 e. The normalized spacial score (nSPS) is 11.8. The smallest absolute Gasteiger partial charge is 0.359 e. The molecule has 2 aromatic rings. The summed E-state index contributed by atoms with van der Waals surface area (Å²) in [7, 11) is 0. The van der Waals surface area contributed by atoms with Crippen molar-refractivity contribution in [2.75, 3.05) is 0 Å². The van der Waals surface area contributed by atoms with E-state index in [1.807, 2.05) is 0 Å². The van der Waals surface area contributed by atoms with Crippen LogP contribution in [0.25, 0.3) is 0 Å². The Labute approximate surface area is 121 Å². The monoisotopic (exact) mass is 314 g/mol. The predicted molar refractivity (Wildman–Crippen MR) is 66.7 cm³/mol. The number of hydrogen-bond donors (Lipinski definition) is 1. The fourth-order valence-electron chi connectivity index (χ4n) is 1.47. The van der Waals surface area contributed by atoms with E-state index >= 15 is 0 Å². The fourth-order valence-corrected chi connectivity index (χ4v) is 1.47. The SMILES string of the molecule is Cc1c(C(=O)N/N=C/c2ccc(C(F)(F)F)cc2)no[n+]1[O-]. The van der Waals surface area contributed by atoms with Gasteiger partial charge in [0.2, 0.25) is 5.69 Å². The van der Waals surface area contributed by atoms with Gasteiger partial charge in [-0.3, -0.25) is 9.42 Å². The number of carbonyl (C=O) groups is 1. The molecule has 0 spiro atoms. The summed E-state index contributed by atoms with van der Waals surface area (Å²) in [5.74, 6) is -0.779. The predicted octanol–water partition coefficient (Wildman–Crippen LogP) is 1.40. The molecule has 1 heterocycles. The van der Waals surface area contributed by atoms with Crippen LogP contribution in [0, 0.1) is 12.1 Å². The first kappa shape index (κ1) is 15.5. The molecule has 0 atom stereocenters.